The highest BCUT2D eigenvalue weighted by molar-refractivity contribution is 5.76. The van der Waals surface area contributed by atoms with E-state index >= 15 is 0 Å². The summed E-state index contributed by atoms with van der Waals surface area (Å²) < 4.78 is 5.34. The van der Waals surface area contributed by atoms with Crippen molar-refractivity contribution >= 4 is 0 Å². The van der Waals surface area contributed by atoms with Crippen LogP contribution in [0, 0.1) is 6.92 Å². The van der Waals surface area contributed by atoms with Crippen LogP contribution < -0.4 is 10.1 Å². The molecule has 1 aromatic carbocycles. The van der Waals surface area contributed by atoms with Crippen molar-refractivity contribution in [3.63, 3.8) is 0 Å². The Kier molecular flexibility index (Phi) is 4.17. The van der Waals surface area contributed by atoms with E-state index in [0.717, 1.165) is 59.2 Å². The molecule has 0 aromatic heterocycles. The molecular weight excluding hydrogens is 312 g/mol. The number of fused-ring (bicyclic) bond motifs is 1. The largest absolute Gasteiger partial charge is 0.497 e. The quantitative estimate of drug-likeness (QED) is 0.765. The van der Waals surface area contributed by atoms with Gasteiger partial charge in [0.15, 0.2) is 0 Å². The highest BCUT2D eigenvalue weighted by Gasteiger charge is 2.24. The van der Waals surface area contributed by atoms with Crippen LogP contribution in [-0.2, 0) is 0 Å². The number of aromatic amines is 1. The number of ether oxygens (including phenoxy) is 1. The molecule has 0 saturated carbocycles. The second-order valence-corrected chi connectivity index (χ2v) is 6.92. The van der Waals surface area contributed by atoms with Crippen molar-refractivity contribution in [2.45, 2.75) is 38.6 Å². The molecule has 1 saturated heterocycles. The van der Waals surface area contributed by atoms with Gasteiger partial charge in [0, 0.05) is 23.1 Å². The van der Waals surface area contributed by atoms with Crippen LogP contribution in [-0.4, -0.2) is 34.6 Å². The summed E-state index contributed by atoms with van der Waals surface area (Å²) in [5.74, 6) is 2.40. The second-order valence-electron chi connectivity index (χ2n) is 6.92. The zero-order chi connectivity index (χ0) is 17.4. The SMILES string of the molecule is COc1cccc(-c2nc3cnc(C4CCNC(C)C4)[nH]c-3c2C)c1. The van der Waals surface area contributed by atoms with Gasteiger partial charge in [-0.2, -0.15) is 0 Å². The van der Waals surface area contributed by atoms with Crippen molar-refractivity contribution in [2.75, 3.05) is 13.7 Å². The van der Waals surface area contributed by atoms with Crippen LogP contribution >= 0.6 is 0 Å². The van der Waals surface area contributed by atoms with Crippen LogP contribution in [0.15, 0.2) is 30.5 Å². The van der Waals surface area contributed by atoms with Gasteiger partial charge in [-0.1, -0.05) is 12.1 Å². The summed E-state index contributed by atoms with van der Waals surface area (Å²) in [6, 6.07) is 8.58. The minimum absolute atomic E-state index is 0.482. The van der Waals surface area contributed by atoms with Gasteiger partial charge < -0.3 is 15.0 Å². The Morgan fingerprint density at radius 3 is 2.96 bits per heavy atom. The smallest absolute Gasteiger partial charge is 0.119 e. The molecule has 130 valence electrons. The number of nitrogens with zero attached hydrogens (tertiary/aromatic N) is 2. The number of methoxy groups -OCH3 is 1. The van der Waals surface area contributed by atoms with Gasteiger partial charge >= 0.3 is 0 Å². The van der Waals surface area contributed by atoms with Gasteiger partial charge in [0.05, 0.1) is 24.7 Å². The van der Waals surface area contributed by atoms with Gasteiger partial charge in [-0.3, -0.25) is 0 Å². The number of H-pyrrole nitrogens is 1. The Morgan fingerprint density at radius 1 is 1.28 bits per heavy atom. The number of hydrogen-bond donors (Lipinski definition) is 2. The summed E-state index contributed by atoms with van der Waals surface area (Å²) >= 11 is 0. The van der Waals surface area contributed by atoms with E-state index in [1.165, 1.54) is 0 Å². The maximum atomic E-state index is 5.34. The Bertz CT molecular complexity index is 857. The molecule has 3 aliphatic rings. The average Bonchev–Trinajstić information content (AvgIpc) is 2.98. The fourth-order valence-electron chi connectivity index (χ4n) is 3.75. The molecule has 1 aromatic rings. The van der Waals surface area contributed by atoms with Crippen LogP contribution in [0.3, 0.4) is 0 Å². The van der Waals surface area contributed by atoms with Gasteiger partial charge in [0.2, 0.25) is 0 Å². The Hall–Kier alpha value is -2.40. The third kappa shape index (κ3) is 3.00. The molecule has 2 unspecified atom stereocenters. The number of rotatable bonds is 3. The first-order valence-electron chi connectivity index (χ1n) is 8.88. The molecule has 0 radical (unpaired) electrons. The van der Waals surface area contributed by atoms with Crippen LogP contribution in [0.25, 0.3) is 22.6 Å². The first kappa shape index (κ1) is 16.1. The topological polar surface area (TPSA) is 62.8 Å². The molecule has 4 rings (SSSR count). The zero-order valence-electron chi connectivity index (χ0n) is 15.0. The summed E-state index contributed by atoms with van der Waals surface area (Å²) in [7, 11) is 1.69. The molecule has 2 N–H and O–H groups in total. The molecule has 2 atom stereocenters. The lowest BCUT2D eigenvalue weighted by Crippen LogP contribution is -2.35. The van der Waals surface area contributed by atoms with Crippen molar-refractivity contribution in [3.8, 4) is 28.4 Å². The van der Waals surface area contributed by atoms with Gasteiger partial charge in [0.1, 0.15) is 17.3 Å². The number of piperidine rings is 1. The Labute approximate surface area is 148 Å². The summed E-state index contributed by atoms with van der Waals surface area (Å²) in [6.07, 6.45) is 4.14. The highest BCUT2D eigenvalue weighted by Crippen LogP contribution is 2.35. The van der Waals surface area contributed by atoms with Crippen molar-refractivity contribution in [2.24, 2.45) is 0 Å². The van der Waals surface area contributed by atoms with E-state index in [9.17, 15) is 0 Å². The fraction of sp³-hybridized carbons (Fsp3) is 0.400. The number of nitrogens with one attached hydrogen (secondary N) is 2. The highest BCUT2D eigenvalue weighted by atomic mass is 16.5. The summed E-state index contributed by atoms with van der Waals surface area (Å²) in [5, 5.41) is 3.50. The minimum Gasteiger partial charge on any atom is -0.497 e. The molecule has 25 heavy (non-hydrogen) atoms. The lowest BCUT2D eigenvalue weighted by Gasteiger charge is -2.27. The maximum Gasteiger partial charge on any atom is 0.119 e. The second kappa shape index (κ2) is 6.48. The molecule has 0 spiro atoms. The van der Waals surface area contributed by atoms with Crippen molar-refractivity contribution in [3.05, 3.63) is 41.9 Å². The van der Waals surface area contributed by atoms with Gasteiger partial charge in [-0.05, 0) is 45.4 Å². The van der Waals surface area contributed by atoms with Gasteiger partial charge in [-0.15, -0.1) is 0 Å². The van der Waals surface area contributed by atoms with E-state index < -0.39 is 0 Å². The molecule has 0 aliphatic carbocycles. The number of hydrogen-bond acceptors (Lipinski definition) is 4. The molecule has 3 aliphatic heterocycles. The monoisotopic (exact) mass is 336 g/mol. The third-order valence-corrected chi connectivity index (χ3v) is 5.15. The van der Waals surface area contributed by atoms with E-state index in [4.69, 9.17) is 9.72 Å². The number of aromatic nitrogens is 3. The average molecular weight is 336 g/mol. The molecular formula is C20H24N4O. The predicted molar refractivity (Wildman–Crippen MR) is 99.2 cm³/mol. The fourth-order valence-corrected chi connectivity index (χ4v) is 3.75. The molecule has 1 fully saturated rings. The van der Waals surface area contributed by atoms with E-state index in [-0.39, 0.29) is 0 Å². The van der Waals surface area contributed by atoms with E-state index in [1.807, 2.05) is 24.4 Å². The minimum atomic E-state index is 0.482. The predicted octanol–water partition coefficient (Wildman–Crippen LogP) is 3.75. The lowest BCUT2D eigenvalue weighted by molar-refractivity contribution is 0.371. The van der Waals surface area contributed by atoms with Crippen LogP contribution in [0.4, 0.5) is 0 Å². The normalized spacial score (nSPS) is 20.8. The van der Waals surface area contributed by atoms with Crippen LogP contribution in [0.5, 0.6) is 5.75 Å². The van der Waals surface area contributed by atoms with E-state index in [2.05, 4.69) is 35.2 Å². The van der Waals surface area contributed by atoms with Crippen LogP contribution in [0.1, 0.15) is 37.1 Å². The van der Waals surface area contributed by atoms with Gasteiger partial charge in [0.25, 0.3) is 0 Å². The molecule has 5 heteroatoms. The van der Waals surface area contributed by atoms with Crippen molar-refractivity contribution in [1.82, 2.24) is 20.3 Å². The summed E-state index contributed by atoms with van der Waals surface area (Å²) in [5.41, 5.74) is 5.23. The molecule has 3 heterocycles. The first-order valence-corrected chi connectivity index (χ1v) is 8.88. The van der Waals surface area contributed by atoms with Gasteiger partial charge in [-0.25, -0.2) is 9.97 Å². The summed E-state index contributed by atoms with van der Waals surface area (Å²) in [4.78, 5) is 13.0. The van der Waals surface area contributed by atoms with E-state index in [1.54, 1.807) is 7.11 Å². The van der Waals surface area contributed by atoms with Crippen molar-refractivity contribution < 1.29 is 4.74 Å². The van der Waals surface area contributed by atoms with E-state index in [0.29, 0.717) is 12.0 Å². The molecule has 0 bridgehead atoms. The number of benzene rings is 1. The summed E-state index contributed by atoms with van der Waals surface area (Å²) in [6.45, 7) is 5.41. The first-order chi connectivity index (χ1) is 12.2. The molecule has 5 nitrogen and oxygen atoms in total. The zero-order valence-corrected chi connectivity index (χ0v) is 15.0. The maximum absolute atomic E-state index is 5.34. The third-order valence-electron chi connectivity index (χ3n) is 5.15. The standard InChI is InChI=1S/C20H24N4O/c1-12-9-15(7-8-21-12)20-22-11-17-19(24-20)13(2)18(23-17)14-5-4-6-16(10-14)25-3/h4-6,10-12,15,21H,7-9H2,1-3H3,(H,22,24). The Balaban J connectivity index is 1.74. The van der Waals surface area contributed by atoms with Crippen LogP contribution in [0.2, 0.25) is 0 Å². The lowest BCUT2D eigenvalue weighted by atomic mass is 9.92. The van der Waals surface area contributed by atoms with Crippen molar-refractivity contribution in [1.29, 1.82) is 0 Å². The Morgan fingerprint density at radius 2 is 2.16 bits per heavy atom. The molecule has 0 amide bonds.